The first kappa shape index (κ1) is 11.2. The van der Waals surface area contributed by atoms with Crippen molar-refractivity contribution in [3.63, 3.8) is 0 Å². The third kappa shape index (κ3) is 2.68. The molecule has 0 aliphatic heterocycles. The van der Waals surface area contributed by atoms with Gasteiger partial charge in [-0.1, -0.05) is 6.92 Å². The first-order valence-corrected chi connectivity index (χ1v) is 3.11. The monoisotopic (exact) mass is 186 g/mol. The van der Waals surface area contributed by atoms with Gasteiger partial charge in [-0.2, -0.15) is 22.0 Å². The Morgan fingerprint density at radius 3 is 1.92 bits per heavy atom. The molecule has 0 aliphatic carbocycles. The quantitative estimate of drug-likeness (QED) is 0.459. The standard InChI is InChI=1S/C7H7F5/c1-3-5(2)4-6(8,9)7(10,11)12/h1,5H,4H2,2H3. The van der Waals surface area contributed by atoms with Crippen LogP contribution in [0.2, 0.25) is 0 Å². The zero-order valence-corrected chi connectivity index (χ0v) is 6.25. The topological polar surface area (TPSA) is 0 Å². The second kappa shape index (κ2) is 3.30. The van der Waals surface area contributed by atoms with Gasteiger partial charge in [0.15, 0.2) is 0 Å². The second-order valence-corrected chi connectivity index (χ2v) is 2.47. The molecule has 1 unspecified atom stereocenters. The van der Waals surface area contributed by atoms with E-state index in [2.05, 4.69) is 6.42 Å². The maximum atomic E-state index is 12.1. The Labute approximate surface area is 66.8 Å². The zero-order chi connectivity index (χ0) is 9.99. The van der Waals surface area contributed by atoms with Crippen molar-refractivity contribution in [3.8, 4) is 12.3 Å². The van der Waals surface area contributed by atoms with Gasteiger partial charge >= 0.3 is 12.1 Å². The summed E-state index contributed by atoms with van der Waals surface area (Å²) in [6.07, 6.45) is -2.18. The van der Waals surface area contributed by atoms with E-state index in [9.17, 15) is 22.0 Å². The number of alkyl halides is 5. The van der Waals surface area contributed by atoms with Crippen LogP contribution in [0, 0.1) is 18.3 Å². The molecule has 0 amide bonds. The Balaban J connectivity index is 4.35. The summed E-state index contributed by atoms with van der Waals surface area (Å²) >= 11 is 0. The minimum atomic E-state index is -5.50. The van der Waals surface area contributed by atoms with Crippen molar-refractivity contribution in [2.45, 2.75) is 25.4 Å². The van der Waals surface area contributed by atoms with Crippen LogP contribution in [0.1, 0.15) is 13.3 Å². The molecule has 0 saturated carbocycles. The molecule has 0 bridgehead atoms. The number of halogens is 5. The van der Waals surface area contributed by atoms with Crippen LogP contribution in [0.3, 0.4) is 0 Å². The molecule has 0 aromatic heterocycles. The van der Waals surface area contributed by atoms with Gasteiger partial charge in [0.1, 0.15) is 0 Å². The molecule has 5 heteroatoms. The fraction of sp³-hybridized carbons (Fsp3) is 0.714. The maximum Gasteiger partial charge on any atom is 0.453 e. The molecule has 0 spiro atoms. The molecule has 1 atom stereocenters. The summed E-state index contributed by atoms with van der Waals surface area (Å²) in [5, 5.41) is 0. The van der Waals surface area contributed by atoms with Crippen LogP contribution >= 0.6 is 0 Å². The summed E-state index contributed by atoms with van der Waals surface area (Å²) in [5.41, 5.74) is 0. The van der Waals surface area contributed by atoms with Crippen LogP contribution < -0.4 is 0 Å². The van der Waals surface area contributed by atoms with Gasteiger partial charge in [0.05, 0.1) is 0 Å². The van der Waals surface area contributed by atoms with Crippen LogP contribution in [-0.4, -0.2) is 12.1 Å². The van der Waals surface area contributed by atoms with Crippen molar-refractivity contribution < 1.29 is 22.0 Å². The smallest absolute Gasteiger partial charge is 0.196 e. The highest BCUT2D eigenvalue weighted by atomic mass is 19.4. The van der Waals surface area contributed by atoms with Gasteiger partial charge in [0.25, 0.3) is 0 Å². The van der Waals surface area contributed by atoms with E-state index >= 15 is 0 Å². The Bertz CT molecular complexity index is 185. The van der Waals surface area contributed by atoms with Crippen LogP contribution in [-0.2, 0) is 0 Å². The van der Waals surface area contributed by atoms with Crippen LogP contribution in [0.5, 0.6) is 0 Å². The fourth-order valence-corrected chi connectivity index (χ4v) is 0.559. The Hall–Kier alpha value is -0.790. The van der Waals surface area contributed by atoms with Crippen LogP contribution in [0.4, 0.5) is 22.0 Å². The van der Waals surface area contributed by atoms with E-state index in [1.807, 2.05) is 5.92 Å². The summed E-state index contributed by atoms with van der Waals surface area (Å²) in [6.45, 7) is 1.14. The van der Waals surface area contributed by atoms with Crippen LogP contribution in [0.15, 0.2) is 0 Å². The van der Waals surface area contributed by atoms with Gasteiger partial charge in [-0.15, -0.1) is 12.3 Å². The van der Waals surface area contributed by atoms with Crippen molar-refractivity contribution in [2.75, 3.05) is 0 Å². The highest BCUT2D eigenvalue weighted by Crippen LogP contribution is 2.39. The van der Waals surface area contributed by atoms with Gasteiger partial charge in [-0.3, -0.25) is 0 Å². The summed E-state index contributed by atoms with van der Waals surface area (Å²) in [7, 11) is 0. The molecule has 0 nitrogen and oxygen atoms in total. The molecule has 0 rings (SSSR count). The van der Waals surface area contributed by atoms with Gasteiger partial charge < -0.3 is 0 Å². The molecule has 0 aliphatic rings. The number of hydrogen-bond acceptors (Lipinski definition) is 0. The Kier molecular flexibility index (Phi) is 3.08. The van der Waals surface area contributed by atoms with E-state index in [-0.39, 0.29) is 0 Å². The highest BCUT2D eigenvalue weighted by molar-refractivity contribution is 4.94. The number of hydrogen-bond donors (Lipinski definition) is 0. The third-order valence-corrected chi connectivity index (χ3v) is 1.26. The lowest BCUT2D eigenvalue weighted by molar-refractivity contribution is -0.286. The normalized spacial score (nSPS) is 15.4. The summed E-state index contributed by atoms with van der Waals surface area (Å²) in [4.78, 5) is 0. The predicted octanol–water partition coefficient (Wildman–Crippen LogP) is 2.84. The van der Waals surface area contributed by atoms with Crippen molar-refractivity contribution in [1.29, 1.82) is 0 Å². The predicted molar refractivity (Wildman–Crippen MR) is 33.6 cm³/mol. The molecule has 0 saturated heterocycles. The molecule has 12 heavy (non-hydrogen) atoms. The second-order valence-electron chi connectivity index (χ2n) is 2.47. The number of rotatable bonds is 2. The highest BCUT2D eigenvalue weighted by Gasteiger charge is 2.57. The van der Waals surface area contributed by atoms with E-state index in [1.165, 1.54) is 0 Å². The van der Waals surface area contributed by atoms with Gasteiger partial charge in [0.2, 0.25) is 0 Å². The molecule has 0 aromatic carbocycles. The van der Waals surface area contributed by atoms with E-state index in [0.29, 0.717) is 0 Å². The van der Waals surface area contributed by atoms with Gasteiger partial charge in [-0.25, -0.2) is 0 Å². The maximum absolute atomic E-state index is 12.1. The van der Waals surface area contributed by atoms with Crippen molar-refractivity contribution in [3.05, 3.63) is 0 Å². The van der Waals surface area contributed by atoms with Gasteiger partial charge in [0, 0.05) is 12.3 Å². The van der Waals surface area contributed by atoms with Crippen molar-refractivity contribution >= 4 is 0 Å². The summed E-state index contributed by atoms with van der Waals surface area (Å²) in [6, 6.07) is 0. The van der Waals surface area contributed by atoms with Gasteiger partial charge in [-0.05, 0) is 0 Å². The Morgan fingerprint density at radius 2 is 1.67 bits per heavy atom. The minimum absolute atomic E-state index is 1.08. The van der Waals surface area contributed by atoms with Crippen LogP contribution in [0.25, 0.3) is 0 Å². The van der Waals surface area contributed by atoms with E-state index in [1.54, 1.807) is 0 Å². The molecular formula is C7H7F5. The molecular weight excluding hydrogens is 179 g/mol. The molecule has 70 valence electrons. The SMILES string of the molecule is C#CC(C)CC(F)(F)C(F)(F)F. The third-order valence-electron chi connectivity index (χ3n) is 1.26. The first-order chi connectivity index (χ1) is 5.20. The van der Waals surface area contributed by atoms with E-state index < -0.39 is 24.4 Å². The molecule has 0 heterocycles. The minimum Gasteiger partial charge on any atom is -0.196 e. The first-order valence-electron chi connectivity index (χ1n) is 3.11. The average molecular weight is 186 g/mol. The molecule has 0 aromatic rings. The lowest BCUT2D eigenvalue weighted by Gasteiger charge is -2.20. The van der Waals surface area contributed by atoms with E-state index in [0.717, 1.165) is 6.92 Å². The average Bonchev–Trinajstić information content (AvgIpc) is 1.84. The zero-order valence-electron chi connectivity index (χ0n) is 6.25. The summed E-state index contributed by atoms with van der Waals surface area (Å²) < 4.78 is 58.8. The van der Waals surface area contributed by atoms with E-state index in [4.69, 9.17) is 0 Å². The number of terminal acetylenes is 1. The lowest BCUT2D eigenvalue weighted by Crippen LogP contribution is -2.37. The van der Waals surface area contributed by atoms with Crippen molar-refractivity contribution in [1.82, 2.24) is 0 Å². The molecule has 0 fully saturated rings. The lowest BCUT2D eigenvalue weighted by atomic mass is 10.0. The largest absolute Gasteiger partial charge is 0.453 e. The van der Waals surface area contributed by atoms with Crippen molar-refractivity contribution in [2.24, 2.45) is 5.92 Å². The molecule has 0 radical (unpaired) electrons. The Morgan fingerprint density at radius 1 is 1.25 bits per heavy atom. The summed E-state index contributed by atoms with van der Waals surface area (Å²) in [5.74, 6) is -3.95. The fourth-order valence-electron chi connectivity index (χ4n) is 0.559. The molecule has 0 N–H and O–H groups in total.